The van der Waals surface area contributed by atoms with Crippen molar-refractivity contribution in [1.82, 2.24) is 20.0 Å². The molecule has 0 spiro atoms. The van der Waals surface area contributed by atoms with E-state index in [-0.39, 0.29) is 24.6 Å². The zero-order valence-electron chi connectivity index (χ0n) is 26.4. The van der Waals surface area contributed by atoms with Crippen LogP contribution in [0.2, 0.25) is 0 Å². The van der Waals surface area contributed by atoms with Gasteiger partial charge in [0.2, 0.25) is 5.75 Å². The van der Waals surface area contributed by atoms with Crippen LogP contribution in [-0.2, 0) is 16.1 Å². The molecule has 4 rings (SSSR count). The van der Waals surface area contributed by atoms with Crippen molar-refractivity contribution in [2.45, 2.75) is 63.6 Å². The fourth-order valence-corrected chi connectivity index (χ4v) is 5.83. The van der Waals surface area contributed by atoms with Gasteiger partial charge in [-0.15, -0.1) is 0 Å². The van der Waals surface area contributed by atoms with Crippen LogP contribution >= 0.6 is 0 Å². The Labute approximate surface area is 261 Å². The van der Waals surface area contributed by atoms with Crippen molar-refractivity contribution in [2.75, 3.05) is 54.1 Å². The Morgan fingerprint density at radius 2 is 1.48 bits per heavy atom. The number of allylic oxidation sites excluding steroid dienone is 4. The molecule has 3 aliphatic heterocycles. The first-order valence-electron chi connectivity index (χ1n) is 15.7. The fourth-order valence-electron chi connectivity index (χ4n) is 5.83. The third-order valence-corrected chi connectivity index (χ3v) is 8.20. The molecule has 0 aromatic heterocycles. The summed E-state index contributed by atoms with van der Waals surface area (Å²) in [6.45, 7) is 4.38. The largest absolute Gasteiger partial charge is 0.493 e. The molecule has 0 unspecified atom stereocenters. The number of rotatable bonds is 15. The van der Waals surface area contributed by atoms with E-state index >= 15 is 0 Å². The number of nitrogens with one attached hydrogen (secondary N) is 1. The van der Waals surface area contributed by atoms with E-state index in [0.717, 1.165) is 70.3 Å². The topological polar surface area (TPSA) is 92.8 Å². The number of carbonyl (C=O) groups excluding carboxylic acids is 2. The number of likely N-dealkylation sites (tertiary alicyclic amines) is 1. The number of benzene rings is 1. The third-order valence-electron chi connectivity index (χ3n) is 8.20. The lowest BCUT2D eigenvalue weighted by molar-refractivity contribution is -0.156. The highest BCUT2D eigenvalue weighted by molar-refractivity contribution is 5.84. The van der Waals surface area contributed by atoms with Crippen LogP contribution in [-0.4, -0.2) is 92.9 Å². The standard InChI is InChI=1S/C34H48N4O6/c1-41-30-24-27(25-31(42-2)32(30)43-3)26-35-34(40)38-23-11-6-16-29(38)33(39)44-28(14-12-21-36-17-7-4-8-18-36)15-13-22-37-19-9-5-10-20-37/h4-5,7-10,17,19,24-25,28-29H,6,11-16,18,20-23,26H2,1-3H3,(H,35,40)/t29-/m0/s1. The SMILES string of the molecule is COc1cc(CNC(=O)N2CCCC[C@H]2C(=O)OC(CCCN2C=CC=CC2)CCCN2C=CC=CC2)cc(OC)c1OC. The van der Waals surface area contributed by atoms with Gasteiger partial charge in [0.05, 0.1) is 21.3 Å². The molecule has 0 bridgehead atoms. The molecule has 2 amide bonds. The van der Waals surface area contributed by atoms with E-state index in [2.05, 4.69) is 51.8 Å². The molecule has 10 heteroatoms. The molecule has 1 atom stereocenters. The van der Waals surface area contributed by atoms with Crippen LogP contribution in [0.1, 0.15) is 50.5 Å². The summed E-state index contributed by atoms with van der Waals surface area (Å²) in [4.78, 5) is 33.2. The summed E-state index contributed by atoms with van der Waals surface area (Å²) in [7, 11) is 4.66. The minimum atomic E-state index is -0.600. The van der Waals surface area contributed by atoms with Crippen LogP contribution in [0.3, 0.4) is 0 Å². The van der Waals surface area contributed by atoms with Crippen LogP contribution in [0.15, 0.2) is 61.0 Å². The van der Waals surface area contributed by atoms with E-state index < -0.39 is 6.04 Å². The smallest absolute Gasteiger partial charge is 0.329 e. The Kier molecular flexibility index (Phi) is 12.9. The molecule has 0 aliphatic carbocycles. The van der Waals surface area contributed by atoms with Gasteiger partial charge in [0.1, 0.15) is 12.1 Å². The molecule has 1 aromatic carbocycles. The highest BCUT2D eigenvalue weighted by Gasteiger charge is 2.34. The quantitative estimate of drug-likeness (QED) is 0.278. The van der Waals surface area contributed by atoms with Crippen LogP contribution in [0, 0.1) is 0 Å². The van der Waals surface area contributed by atoms with Gasteiger partial charge in [0.15, 0.2) is 11.5 Å². The van der Waals surface area contributed by atoms with Gasteiger partial charge < -0.3 is 39.0 Å². The molecule has 1 saturated heterocycles. The van der Waals surface area contributed by atoms with E-state index in [1.807, 2.05) is 12.2 Å². The first-order chi connectivity index (χ1) is 21.5. The lowest BCUT2D eigenvalue weighted by atomic mass is 10.0. The lowest BCUT2D eigenvalue weighted by Crippen LogP contribution is -2.52. The summed E-state index contributed by atoms with van der Waals surface area (Å²) in [5.41, 5.74) is 0.794. The summed E-state index contributed by atoms with van der Waals surface area (Å²) in [6.07, 6.45) is 22.3. The Hall–Kier alpha value is -4.08. The van der Waals surface area contributed by atoms with Crippen LogP contribution < -0.4 is 19.5 Å². The Bertz CT molecular complexity index is 1150. The number of methoxy groups -OCH3 is 3. The molecule has 240 valence electrons. The molecule has 44 heavy (non-hydrogen) atoms. The first kappa shape index (κ1) is 32.8. The normalized spacial score (nSPS) is 17.6. The van der Waals surface area contributed by atoms with Crippen molar-refractivity contribution >= 4 is 12.0 Å². The van der Waals surface area contributed by atoms with E-state index in [0.29, 0.717) is 30.2 Å². The second-order valence-electron chi connectivity index (χ2n) is 11.3. The zero-order chi connectivity index (χ0) is 31.1. The monoisotopic (exact) mass is 608 g/mol. The van der Waals surface area contributed by atoms with Crippen molar-refractivity contribution in [3.05, 3.63) is 66.6 Å². The maximum atomic E-state index is 13.6. The van der Waals surface area contributed by atoms with E-state index in [9.17, 15) is 9.59 Å². The van der Waals surface area contributed by atoms with Gasteiger partial charge in [-0.3, -0.25) is 0 Å². The molecular formula is C34H48N4O6. The molecule has 1 aromatic rings. The number of urea groups is 1. The fraction of sp³-hybridized carbons (Fsp3) is 0.529. The molecule has 1 fully saturated rings. The van der Waals surface area contributed by atoms with Gasteiger partial charge >= 0.3 is 12.0 Å². The summed E-state index contributed by atoms with van der Waals surface area (Å²) >= 11 is 0. The Morgan fingerprint density at radius 3 is 2.00 bits per heavy atom. The molecule has 10 nitrogen and oxygen atoms in total. The number of nitrogens with zero attached hydrogens (tertiary/aromatic N) is 3. The molecular weight excluding hydrogens is 560 g/mol. The number of piperidine rings is 1. The third kappa shape index (κ3) is 9.46. The van der Waals surface area contributed by atoms with Crippen molar-refractivity contribution in [2.24, 2.45) is 0 Å². The maximum absolute atomic E-state index is 13.6. The summed E-state index contributed by atoms with van der Waals surface area (Å²) in [5.74, 6) is 1.22. The van der Waals surface area contributed by atoms with Gasteiger partial charge in [-0.25, -0.2) is 9.59 Å². The number of amides is 2. The second-order valence-corrected chi connectivity index (χ2v) is 11.3. The van der Waals surface area contributed by atoms with Gasteiger partial charge in [-0.05, 0) is 87.2 Å². The number of hydrogen-bond donors (Lipinski definition) is 1. The van der Waals surface area contributed by atoms with Gasteiger partial charge in [-0.2, -0.15) is 0 Å². The second kappa shape index (κ2) is 17.3. The van der Waals surface area contributed by atoms with Crippen LogP contribution in [0.25, 0.3) is 0 Å². The van der Waals surface area contributed by atoms with Gasteiger partial charge in [0, 0.05) is 39.3 Å². The van der Waals surface area contributed by atoms with E-state index in [1.165, 1.54) is 0 Å². The summed E-state index contributed by atoms with van der Waals surface area (Å²) in [5, 5.41) is 2.98. The lowest BCUT2D eigenvalue weighted by Gasteiger charge is -2.35. The average Bonchev–Trinajstić information content (AvgIpc) is 3.07. The van der Waals surface area contributed by atoms with Crippen molar-refractivity contribution in [3.8, 4) is 17.2 Å². The minimum Gasteiger partial charge on any atom is -0.493 e. The number of hydrogen-bond acceptors (Lipinski definition) is 8. The van der Waals surface area contributed by atoms with Crippen LogP contribution in [0.4, 0.5) is 4.79 Å². The van der Waals surface area contributed by atoms with Crippen molar-refractivity contribution in [3.63, 3.8) is 0 Å². The Morgan fingerprint density at radius 1 is 0.864 bits per heavy atom. The number of esters is 1. The van der Waals surface area contributed by atoms with Gasteiger partial charge in [0.25, 0.3) is 0 Å². The predicted molar refractivity (Wildman–Crippen MR) is 171 cm³/mol. The highest BCUT2D eigenvalue weighted by atomic mass is 16.5. The average molecular weight is 609 g/mol. The van der Waals surface area contributed by atoms with Crippen molar-refractivity contribution < 1.29 is 28.5 Å². The summed E-state index contributed by atoms with van der Waals surface area (Å²) < 4.78 is 22.5. The van der Waals surface area contributed by atoms with E-state index in [1.54, 1.807) is 38.4 Å². The van der Waals surface area contributed by atoms with Crippen molar-refractivity contribution in [1.29, 1.82) is 0 Å². The molecule has 0 radical (unpaired) electrons. The molecule has 1 N–H and O–H groups in total. The summed E-state index contributed by atoms with van der Waals surface area (Å²) in [6, 6.07) is 2.73. The number of carbonyl (C=O) groups is 2. The van der Waals surface area contributed by atoms with Crippen LogP contribution in [0.5, 0.6) is 17.2 Å². The maximum Gasteiger partial charge on any atom is 0.329 e. The molecule has 3 heterocycles. The number of ether oxygens (including phenoxy) is 4. The van der Waals surface area contributed by atoms with E-state index in [4.69, 9.17) is 18.9 Å². The Balaban J connectivity index is 1.35. The molecule has 3 aliphatic rings. The van der Waals surface area contributed by atoms with Gasteiger partial charge in [-0.1, -0.05) is 24.3 Å². The highest BCUT2D eigenvalue weighted by Crippen LogP contribution is 2.38. The molecule has 0 saturated carbocycles. The minimum absolute atomic E-state index is 0.192. The zero-order valence-corrected chi connectivity index (χ0v) is 26.4. The predicted octanol–water partition coefficient (Wildman–Crippen LogP) is 5.02. The first-order valence-corrected chi connectivity index (χ1v) is 15.7.